The van der Waals surface area contributed by atoms with Crippen LogP contribution in [0.15, 0.2) is 54.6 Å². The van der Waals surface area contributed by atoms with Crippen LogP contribution in [0.4, 0.5) is 5.69 Å². The highest BCUT2D eigenvalue weighted by Crippen LogP contribution is 2.21. The summed E-state index contributed by atoms with van der Waals surface area (Å²) in [6.45, 7) is 10.4. The van der Waals surface area contributed by atoms with Gasteiger partial charge in [-0.25, -0.2) is 4.98 Å². The molecule has 0 spiro atoms. The Morgan fingerprint density at radius 3 is 2.32 bits per heavy atom. The number of hydrogen-bond donors (Lipinski definition) is 1. The van der Waals surface area contributed by atoms with Crippen molar-refractivity contribution in [1.82, 2.24) is 14.9 Å². The Labute approximate surface area is 184 Å². The minimum absolute atomic E-state index is 0.00120. The van der Waals surface area contributed by atoms with Crippen molar-refractivity contribution in [1.29, 1.82) is 0 Å². The van der Waals surface area contributed by atoms with Crippen molar-refractivity contribution in [2.45, 2.75) is 53.6 Å². The quantitative estimate of drug-likeness (QED) is 0.623. The predicted octanol–water partition coefficient (Wildman–Crippen LogP) is 4.18. The number of amides is 2. The van der Waals surface area contributed by atoms with Gasteiger partial charge in [-0.3, -0.25) is 9.59 Å². The minimum atomic E-state index is -0.441. The molecule has 6 heteroatoms. The molecule has 1 heterocycles. The number of imidazole rings is 1. The third-order valence-corrected chi connectivity index (χ3v) is 5.16. The number of benzene rings is 2. The van der Waals surface area contributed by atoms with Gasteiger partial charge in [-0.15, -0.1) is 0 Å². The maximum Gasteiger partial charge on any atom is 0.247 e. The zero-order valence-electron chi connectivity index (χ0n) is 19.1. The second-order valence-electron chi connectivity index (χ2n) is 9.05. The molecule has 6 nitrogen and oxygen atoms in total. The Morgan fingerprint density at radius 2 is 1.68 bits per heavy atom. The normalized spacial score (nSPS) is 11.7. The Bertz CT molecular complexity index is 1050. The van der Waals surface area contributed by atoms with Gasteiger partial charge in [0, 0.05) is 30.1 Å². The Kier molecular flexibility index (Phi) is 6.78. The van der Waals surface area contributed by atoms with Crippen molar-refractivity contribution in [3.63, 3.8) is 0 Å². The summed E-state index contributed by atoms with van der Waals surface area (Å²) in [6.07, 6.45) is 0.552. The van der Waals surface area contributed by atoms with Gasteiger partial charge in [0.25, 0.3) is 0 Å². The maximum atomic E-state index is 13.4. The van der Waals surface area contributed by atoms with Crippen LogP contribution in [0.5, 0.6) is 0 Å². The molecule has 31 heavy (non-hydrogen) atoms. The largest absolute Gasteiger partial charge is 0.355 e. The zero-order chi connectivity index (χ0) is 22.6. The van der Waals surface area contributed by atoms with Crippen LogP contribution < -0.4 is 10.2 Å². The van der Waals surface area contributed by atoms with Crippen molar-refractivity contribution in [3.8, 4) is 0 Å². The van der Waals surface area contributed by atoms with E-state index in [0.717, 1.165) is 22.5 Å². The van der Waals surface area contributed by atoms with E-state index in [2.05, 4.69) is 5.32 Å². The van der Waals surface area contributed by atoms with Crippen LogP contribution in [-0.2, 0) is 22.6 Å². The van der Waals surface area contributed by atoms with E-state index < -0.39 is 5.41 Å². The second kappa shape index (κ2) is 9.33. The molecule has 0 saturated heterocycles. The van der Waals surface area contributed by atoms with Gasteiger partial charge in [0.1, 0.15) is 12.4 Å². The smallest absolute Gasteiger partial charge is 0.247 e. The van der Waals surface area contributed by atoms with E-state index in [9.17, 15) is 9.59 Å². The van der Waals surface area contributed by atoms with Crippen LogP contribution in [0.2, 0.25) is 0 Å². The van der Waals surface area contributed by atoms with Crippen LogP contribution in [0.3, 0.4) is 0 Å². The fourth-order valence-corrected chi connectivity index (χ4v) is 3.58. The Hall–Kier alpha value is -3.15. The molecule has 0 unspecified atom stereocenters. The van der Waals surface area contributed by atoms with Gasteiger partial charge in [0.05, 0.1) is 11.0 Å². The zero-order valence-corrected chi connectivity index (χ0v) is 19.1. The number of carbonyl (C=O) groups is 2. The number of nitrogens with one attached hydrogen (secondary N) is 1. The molecule has 0 radical (unpaired) electrons. The molecule has 0 fully saturated rings. The van der Waals surface area contributed by atoms with E-state index in [1.54, 1.807) is 0 Å². The standard InChI is InChI=1S/C25H32N4O2/c1-18(2)29(19-11-7-6-8-12-19)23(30)17-28-21-14-10-9-13-20(21)27-22(28)15-16-26-24(31)25(3,4)5/h6-14,18H,15-17H2,1-5H3,(H,26,31). The maximum absolute atomic E-state index is 13.4. The molecule has 0 atom stereocenters. The molecule has 2 amide bonds. The van der Waals surface area contributed by atoms with E-state index in [1.807, 2.05) is 98.7 Å². The van der Waals surface area contributed by atoms with Crippen LogP contribution in [-0.4, -0.2) is 34.0 Å². The molecule has 1 N–H and O–H groups in total. The summed E-state index contributed by atoms with van der Waals surface area (Å²) in [6, 6.07) is 17.6. The van der Waals surface area contributed by atoms with E-state index in [1.165, 1.54) is 0 Å². The summed E-state index contributed by atoms with van der Waals surface area (Å²) in [5, 5.41) is 2.98. The lowest BCUT2D eigenvalue weighted by Crippen LogP contribution is -2.39. The summed E-state index contributed by atoms with van der Waals surface area (Å²) in [5.41, 5.74) is 2.21. The van der Waals surface area contributed by atoms with Crippen molar-refractivity contribution >= 4 is 28.5 Å². The Morgan fingerprint density at radius 1 is 1.03 bits per heavy atom. The molecular formula is C25H32N4O2. The van der Waals surface area contributed by atoms with Gasteiger partial charge >= 0.3 is 0 Å². The van der Waals surface area contributed by atoms with Gasteiger partial charge < -0.3 is 14.8 Å². The summed E-state index contributed by atoms with van der Waals surface area (Å²) in [4.78, 5) is 32.1. The number of anilines is 1. The van der Waals surface area contributed by atoms with Crippen molar-refractivity contribution in [3.05, 3.63) is 60.4 Å². The number of carbonyl (C=O) groups excluding carboxylic acids is 2. The van der Waals surface area contributed by atoms with Gasteiger partial charge in [0.2, 0.25) is 11.8 Å². The molecule has 3 aromatic rings. The first-order valence-corrected chi connectivity index (χ1v) is 10.8. The summed E-state index contributed by atoms with van der Waals surface area (Å²) >= 11 is 0. The SMILES string of the molecule is CC(C)N(C(=O)Cn1c(CCNC(=O)C(C)(C)C)nc2ccccc21)c1ccccc1. The molecule has 1 aromatic heterocycles. The molecule has 164 valence electrons. The molecule has 3 rings (SSSR count). The van der Waals surface area contributed by atoms with E-state index in [4.69, 9.17) is 4.98 Å². The first kappa shape index (κ1) is 22.5. The highest BCUT2D eigenvalue weighted by molar-refractivity contribution is 5.94. The average Bonchev–Trinajstić information content (AvgIpc) is 3.05. The van der Waals surface area contributed by atoms with Crippen LogP contribution >= 0.6 is 0 Å². The molecule has 2 aromatic carbocycles. The topological polar surface area (TPSA) is 67.2 Å². The van der Waals surface area contributed by atoms with Gasteiger partial charge in [-0.1, -0.05) is 51.1 Å². The third kappa shape index (κ3) is 5.32. The van der Waals surface area contributed by atoms with E-state index in [0.29, 0.717) is 13.0 Å². The fraction of sp³-hybridized carbons (Fsp3) is 0.400. The Balaban J connectivity index is 1.85. The number of aromatic nitrogens is 2. The van der Waals surface area contributed by atoms with Crippen molar-refractivity contribution in [2.75, 3.05) is 11.4 Å². The monoisotopic (exact) mass is 420 g/mol. The first-order chi connectivity index (χ1) is 14.7. The molecule has 0 saturated carbocycles. The summed E-state index contributed by atoms with van der Waals surface area (Å²) in [5.74, 6) is 0.797. The van der Waals surface area contributed by atoms with Gasteiger partial charge in [0.15, 0.2) is 0 Å². The van der Waals surface area contributed by atoms with Crippen LogP contribution in [0.25, 0.3) is 11.0 Å². The van der Waals surface area contributed by atoms with Crippen LogP contribution in [0.1, 0.15) is 40.4 Å². The van der Waals surface area contributed by atoms with Gasteiger partial charge in [-0.05, 0) is 38.1 Å². The fourth-order valence-electron chi connectivity index (χ4n) is 3.58. The van der Waals surface area contributed by atoms with E-state index in [-0.39, 0.29) is 24.4 Å². The number of rotatable bonds is 7. The van der Waals surface area contributed by atoms with E-state index >= 15 is 0 Å². The first-order valence-electron chi connectivity index (χ1n) is 10.8. The number of fused-ring (bicyclic) bond motifs is 1. The lowest BCUT2D eigenvalue weighted by molar-refractivity contribution is -0.128. The minimum Gasteiger partial charge on any atom is -0.355 e. The third-order valence-electron chi connectivity index (χ3n) is 5.16. The van der Waals surface area contributed by atoms with Gasteiger partial charge in [-0.2, -0.15) is 0 Å². The average molecular weight is 421 g/mol. The lowest BCUT2D eigenvalue weighted by atomic mass is 9.96. The van der Waals surface area contributed by atoms with Crippen LogP contribution in [0, 0.1) is 5.41 Å². The second-order valence-corrected chi connectivity index (χ2v) is 9.05. The lowest BCUT2D eigenvalue weighted by Gasteiger charge is -2.27. The van der Waals surface area contributed by atoms with Crippen molar-refractivity contribution < 1.29 is 9.59 Å². The number of nitrogens with zero attached hydrogens (tertiary/aromatic N) is 3. The molecule has 0 aliphatic carbocycles. The molecule has 0 aliphatic heterocycles. The van der Waals surface area contributed by atoms with Crippen molar-refractivity contribution in [2.24, 2.45) is 5.41 Å². The number of hydrogen-bond acceptors (Lipinski definition) is 3. The molecule has 0 aliphatic rings. The number of para-hydroxylation sites is 3. The highest BCUT2D eigenvalue weighted by Gasteiger charge is 2.23. The molecular weight excluding hydrogens is 388 g/mol. The predicted molar refractivity (Wildman–Crippen MR) is 125 cm³/mol. The summed E-state index contributed by atoms with van der Waals surface area (Å²) < 4.78 is 1.97. The summed E-state index contributed by atoms with van der Waals surface area (Å²) in [7, 11) is 0. The highest BCUT2D eigenvalue weighted by atomic mass is 16.2. The molecule has 0 bridgehead atoms.